The van der Waals surface area contributed by atoms with E-state index >= 15 is 0 Å². The molecule has 0 bridgehead atoms. The van der Waals surface area contributed by atoms with Crippen molar-refractivity contribution in [2.24, 2.45) is 0 Å². The molecule has 1 heteroatoms. The molecule has 0 aliphatic carbocycles. The minimum absolute atomic E-state index is 1.06. The van der Waals surface area contributed by atoms with Crippen molar-refractivity contribution in [3.63, 3.8) is 0 Å². The van der Waals surface area contributed by atoms with Gasteiger partial charge in [-0.3, -0.25) is 4.98 Å². The van der Waals surface area contributed by atoms with Gasteiger partial charge in [-0.05, 0) is 65.1 Å². The summed E-state index contributed by atoms with van der Waals surface area (Å²) in [6, 6.07) is 21.7. The van der Waals surface area contributed by atoms with Gasteiger partial charge in [-0.25, -0.2) is 0 Å². The summed E-state index contributed by atoms with van der Waals surface area (Å²) in [7, 11) is 0. The third kappa shape index (κ3) is 2.06. The van der Waals surface area contributed by atoms with E-state index in [1.54, 1.807) is 0 Å². The van der Waals surface area contributed by atoms with E-state index in [9.17, 15) is 0 Å². The van der Waals surface area contributed by atoms with Crippen molar-refractivity contribution < 1.29 is 0 Å². The molecular formula is C21H17N. The molecule has 0 saturated heterocycles. The summed E-state index contributed by atoms with van der Waals surface area (Å²) in [6.07, 6.45) is 1.86. The smallest absolute Gasteiger partial charge is 0.0710 e. The Morgan fingerprint density at radius 2 is 1.59 bits per heavy atom. The molecule has 4 rings (SSSR count). The Kier molecular flexibility index (Phi) is 2.93. The second kappa shape index (κ2) is 4.96. The van der Waals surface area contributed by atoms with Gasteiger partial charge in [-0.2, -0.15) is 0 Å². The summed E-state index contributed by atoms with van der Waals surface area (Å²) in [4.78, 5) is 4.50. The molecule has 0 aliphatic heterocycles. The van der Waals surface area contributed by atoms with E-state index in [1.165, 1.54) is 38.4 Å². The number of aryl methyl sites for hydroxylation is 2. The van der Waals surface area contributed by atoms with Crippen LogP contribution in [0.3, 0.4) is 0 Å². The molecule has 0 N–H and O–H groups in total. The zero-order valence-corrected chi connectivity index (χ0v) is 12.8. The minimum Gasteiger partial charge on any atom is -0.256 e. The van der Waals surface area contributed by atoms with Crippen LogP contribution >= 0.6 is 0 Å². The van der Waals surface area contributed by atoms with Crippen LogP contribution in [0.1, 0.15) is 11.1 Å². The number of hydrogen-bond donors (Lipinski definition) is 0. The Labute approximate surface area is 130 Å². The topological polar surface area (TPSA) is 12.9 Å². The molecule has 1 nitrogen and oxygen atoms in total. The van der Waals surface area contributed by atoms with Gasteiger partial charge in [-0.15, -0.1) is 0 Å². The summed E-state index contributed by atoms with van der Waals surface area (Å²) in [5.74, 6) is 0. The Bertz CT molecular complexity index is 999. The highest BCUT2D eigenvalue weighted by Gasteiger charge is 2.05. The lowest BCUT2D eigenvalue weighted by Gasteiger charge is -2.09. The van der Waals surface area contributed by atoms with Crippen molar-refractivity contribution in [3.05, 3.63) is 78.0 Å². The molecule has 0 radical (unpaired) electrons. The predicted molar refractivity (Wildman–Crippen MR) is 94.2 cm³/mol. The number of aromatic nitrogens is 1. The van der Waals surface area contributed by atoms with E-state index < -0.39 is 0 Å². The molecule has 22 heavy (non-hydrogen) atoms. The number of hydrogen-bond acceptors (Lipinski definition) is 1. The monoisotopic (exact) mass is 283 g/mol. The normalized spacial score (nSPS) is 11.2. The highest BCUT2D eigenvalue weighted by molar-refractivity contribution is 5.92. The highest BCUT2D eigenvalue weighted by atomic mass is 14.6. The lowest BCUT2D eigenvalue weighted by molar-refractivity contribution is 1.39. The first kappa shape index (κ1) is 13.0. The van der Waals surface area contributed by atoms with Crippen LogP contribution in [0.4, 0.5) is 0 Å². The Morgan fingerprint density at radius 3 is 2.50 bits per heavy atom. The van der Waals surface area contributed by atoms with Crippen LogP contribution in [0.25, 0.3) is 32.8 Å². The maximum Gasteiger partial charge on any atom is 0.0710 e. The molecular weight excluding hydrogens is 266 g/mol. The summed E-state index contributed by atoms with van der Waals surface area (Å²) < 4.78 is 0. The van der Waals surface area contributed by atoms with Crippen molar-refractivity contribution in [1.29, 1.82) is 0 Å². The van der Waals surface area contributed by atoms with E-state index in [0.29, 0.717) is 0 Å². The van der Waals surface area contributed by atoms with Crippen molar-refractivity contribution in [1.82, 2.24) is 4.98 Å². The molecule has 4 aromatic rings. The first-order valence-corrected chi connectivity index (χ1v) is 7.57. The van der Waals surface area contributed by atoms with Crippen LogP contribution in [-0.2, 0) is 0 Å². The number of rotatable bonds is 1. The molecule has 3 aromatic carbocycles. The Morgan fingerprint density at radius 1 is 0.682 bits per heavy atom. The summed E-state index contributed by atoms with van der Waals surface area (Å²) >= 11 is 0. The lowest BCUT2D eigenvalue weighted by Crippen LogP contribution is -1.86. The molecule has 0 atom stereocenters. The largest absolute Gasteiger partial charge is 0.256 e. The first-order valence-electron chi connectivity index (χ1n) is 7.57. The van der Waals surface area contributed by atoms with Gasteiger partial charge in [0.15, 0.2) is 0 Å². The molecule has 0 amide bonds. The van der Waals surface area contributed by atoms with Crippen molar-refractivity contribution in [2.75, 3.05) is 0 Å². The average Bonchev–Trinajstić information content (AvgIpc) is 2.55. The van der Waals surface area contributed by atoms with Crippen LogP contribution in [0.15, 0.2) is 66.9 Å². The molecule has 1 aromatic heterocycles. The maximum absolute atomic E-state index is 4.50. The van der Waals surface area contributed by atoms with E-state index in [1.807, 2.05) is 12.3 Å². The van der Waals surface area contributed by atoms with Gasteiger partial charge in [0.05, 0.1) is 5.52 Å². The third-order valence-corrected chi connectivity index (χ3v) is 4.36. The van der Waals surface area contributed by atoms with Crippen LogP contribution in [0.2, 0.25) is 0 Å². The SMILES string of the molecule is Cc1cccc2cc(-c3cc(C)c4cccnc4c3)ccc12. The number of fused-ring (bicyclic) bond motifs is 2. The molecule has 0 saturated carbocycles. The fourth-order valence-corrected chi connectivity index (χ4v) is 3.16. The maximum atomic E-state index is 4.50. The summed E-state index contributed by atoms with van der Waals surface area (Å²) in [5, 5.41) is 3.83. The van der Waals surface area contributed by atoms with Crippen molar-refractivity contribution >= 4 is 21.7 Å². The van der Waals surface area contributed by atoms with E-state index in [0.717, 1.165) is 5.52 Å². The molecule has 106 valence electrons. The van der Waals surface area contributed by atoms with Gasteiger partial charge in [-0.1, -0.05) is 42.5 Å². The van der Waals surface area contributed by atoms with Crippen LogP contribution < -0.4 is 0 Å². The second-order valence-electron chi connectivity index (χ2n) is 5.87. The summed E-state index contributed by atoms with van der Waals surface area (Å²) in [6.45, 7) is 4.31. The van der Waals surface area contributed by atoms with Gasteiger partial charge in [0, 0.05) is 11.6 Å². The number of pyridine rings is 1. The minimum atomic E-state index is 1.06. The molecule has 0 unspecified atom stereocenters. The number of nitrogens with zero attached hydrogens (tertiary/aromatic N) is 1. The van der Waals surface area contributed by atoms with E-state index in [2.05, 4.69) is 73.4 Å². The number of benzene rings is 3. The van der Waals surface area contributed by atoms with Crippen LogP contribution in [0.5, 0.6) is 0 Å². The van der Waals surface area contributed by atoms with Gasteiger partial charge in [0.1, 0.15) is 0 Å². The van der Waals surface area contributed by atoms with E-state index in [-0.39, 0.29) is 0 Å². The van der Waals surface area contributed by atoms with Gasteiger partial charge in [0.25, 0.3) is 0 Å². The first-order chi connectivity index (χ1) is 10.7. The zero-order valence-electron chi connectivity index (χ0n) is 12.8. The molecule has 1 heterocycles. The van der Waals surface area contributed by atoms with Crippen molar-refractivity contribution in [3.8, 4) is 11.1 Å². The van der Waals surface area contributed by atoms with Gasteiger partial charge >= 0.3 is 0 Å². The molecule has 0 aliphatic rings. The van der Waals surface area contributed by atoms with Crippen LogP contribution in [-0.4, -0.2) is 4.98 Å². The summed E-state index contributed by atoms with van der Waals surface area (Å²) in [5.41, 5.74) is 6.12. The Hall–Kier alpha value is -2.67. The molecule has 0 fully saturated rings. The standard InChI is InChI=1S/C21H17N/c1-14-5-3-6-17-12-16(8-9-19(14)17)18-11-15(2)20-7-4-10-22-21(20)13-18/h3-13H,1-2H3. The average molecular weight is 283 g/mol. The second-order valence-corrected chi connectivity index (χ2v) is 5.87. The van der Waals surface area contributed by atoms with E-state index in [4.69, 9.17) is 0 Å². The lowest BCUT2D eigenvalue weighted by atomic mass is 9.96. The zero-order chi connectivity index (χ0) is 15.1. The molecule has 0 spiro atoms. The van der Waals surface area contributed by atoms with Gasteiger partial charge in [0.2, 0.25) is 0 Å². The third-order valence-electron chi connectivity index (χ3n) is 4.36. The Balaban J connectivity index is 1.95. The highest BCUT2D eigenvalue weighted by Crippen LogP contribution is 2.29. The quantitative estimate of drug-likeness (QED) is 0.438. The van der Waals surface area contributed by atoms with Crippen molar-refractivity contribution in [2.45, 2.75) is 13.8 Å². The fourth-order valence-electron chi connectivity index (χ4n) is 3.16. The fraction of sp³-hybridized carbons (Fsp3) is 0.0952. The van der Waals surface area contributed by atoms with Crippen LogP contribution in [0, 0.1) is 13.8 Å². The van der Waals surface area contributed by atoms with Gasteiger partial charge < -0.3 is 0 Å². The predicted octanol–water partition coefficient (Wildman–Crippen LogP) is 5.67.